The van der Waals surface area contributed by atoms with Crippen LogP contribution >= 0.6 is 0 Å². The second kappa shape index (κ2) is 10.9. The standard InChI is InChI=1S/C23H33.3ClH.Hf/c1-14-15(2)17(4)21(16(14)3)18-11-19(22(5,6)7)13-20(12-18)23(8,9)10;;;;/h11-13H,1-10H3;3*1H;/q-1;;;;+4/p-3. The third kappa shape index (κ3) is 6.66. The van der Waals surface area contributed by atoms with E-state index in [4.69, 9.17) is 0 Å². The molecular formula is C23H33Cl3Hf. The quantitative estimate of drug-likeness (QED) is 0.263. The first-order valence-electron chi connectivity index (χ1n) is 8.73. The summed E-state index contributed by atoms with van der Waals surface area (Å²) in [5, 5.41) is 0. The van der Waals surface area contributed by atoms with E-state index in [1.165, 1.54) is 44.5 Å². The SMILES string of the molecule is Cc1c(C)c(C)[c-](-c2cc(C(C)(C)C)cc(C(C)(C)C)c2)c1C.[Cl-].[Cl-].[Cl-].[Hf+4]. The molecule has 0 aliphatic heterocycles. The van der Waals surface area contributed by atoms with Gasteiger partial charge in [-0.05, 0) is 10.8 Å². The molecule has 0 heterocycles. The Kier molecular flexibility index (Phi) is 12.9. The summed E-state index contributed by atoms with van der Waals surface area (Å²) in [6.07, 6.45) is 0. The van der Waals surface area contributed by atoms with Crippen LogP contribution in [-0.4, -0.2) is 0 Å². The number of hydrogen-bond acceptors (Lipinski definition) is 0. The summed E-state index contributed by atoms with van der Waals surface area (Å²) in [6, 6.07) is 7.21. The predicted octanol–water partition coefficient (Wildman–Crippen LogP) is -2.09. The van der Waals surface area contributed by atoms with Crippen molar-refractivity contribution in [3.63, 3.8) is 0 Å². The minimum atomic E-state index is 0. The van der Waals surface area contributed by atoms with Crippen LogP contribution in [0.3, 0.4) is 0 Å². The van der Waals surface area contributed by atoms with Crippen LogP contribution in [0.4, 0.5) is 0 Å². The first-order chi connectivity index (χ1) is 10.3. The van der Waals surface area contributed by atoms with E-state index in [1.807, 2.05) is 0 Å². The average Bonchev–Trinajstić information content (AvgIpc) is 2.60. The molecule has 0 aliphatic carbocycles. The van der Waals surface area contributed by atoms with Gasteiger partial charge in [0.1, 0.15) is 0 Å². The Labute approximate surface area is 204 Å². The fraction of sp³-hybridized carbons (Fsp3) is 0.522. The Morgan fingerprint density at radius 1 is 0.593 bits per heavy atom. The monoisotopic (exact) mass is 594 g/mol. The van der Waals surface area contributed by atoms with Crippen molar-refractivity contribution in [2.45, 2.75) is 80.1 Å². The third-order valence-electron chi connectivity index (χ3n) is 5.39. The molecule has 0 radical (unpaired) electrons. The topological polar surface area (TPSA) is 0 Å². The third-order valence-corrected chi connectivity index (χ3v) is 5.39. The van der Waals surface area contributed by atoms with Crippen molar-refractivity contribution in [3.8, 4) is 11.1 Å². The Balaban J connectivity index is -0.00000144. The van der Waals surface area contributed by atoms with Gasteiger partial charge in [0, 0.05) is 0 Å². The van der Waals surface area contributed by atoms with Gasteiger partial charge in [-0.15, -0.1) is 39.9 Å². The Morgan fingerprint density at radius 2 is 0.889 bits per heavy atom. The molecule has 0 saturated carbocycles. The van der Waals surface area contributed by atoms with Crippen LogP contribution in [0.1, 0.15) is 74.9 Å². The largest absolute Gasteiger partial charge is 4.00 e. The molecule has 4 heteroatoms. The Morgan fingerprint density at radius 3 is 1.15 bits per heavy atom. The van der Waals surface area contributed by atoms with Crippen molar-refractivity contribution in [2.24, 2.45) is 0 Å². The van der Waals surface area contributed by atoms with E-state index in [2.05, 4.69) is 87.4 Å². The summed E-state index contributed by atoms with van der Waals surface area (Å²) in [5.74, 6) is 0. The summed E-state index contributed by atoms with van der Waals surface area (Å²) in [6.45, 7) is 22.9. The Hall–Kier alpha value is 0.310. The number of halogens is 3. The van der Waals surface area contributed by atoms with Gasteiger partial charge in [-0.25, -0.2) is 0 Å². The number of hydrogen-bond donors (Lipinski definition) is 0. The average molecular weight is 594 g/mol. The van der Waals surface area contributed by atoms with Crippen molar-refractivity contribution < 1.29 is 63.1 Å². The van der Waals surface area contributed by atoms with Crippen molar-refractivity contribution in [1.82, 2.24) is 0 Å². The van der Waals surface area contributed by atoms with Crippen LogP contribution < -0.4 is 37.2 Å². The molecule has 0 saturated heterocycles. The molecule has 0 nitrogen and oxygen atoms in total. The van der Waals surface area contributed by atoms with Crippen molar-refractivity contribution in [3.05, 3.63) is 51.6 Å². The zero-order valence-corrected chi connectivity index (χ0v) is 24.2. The van der Waals surface area contributed by atoms with Crippen LogP contribution in [0.15, 0.2) is 18.2 Å². The molecule has 0 unspecified atom stereocenters. The molecule has 2 aromatic carbocycles. The number of benzene rings is 1. The normalized spacial score (nSPS) is 10.9. The first-order valence-corrected chi connectivity index (χ1v) is 8.73. The molecule has 0 fully saturated rings. The van der Waals surface area contributed by atoms with Gasteiger partial charge in [0.05, 0.1) is 0 Å². The van der Waals surface area contributed by atoms with Gasteiger partial charge in [-0.3, -0.25) is 0 Å². The molecule has 0 amide bonds. The van der Waals surface area contributed by atoms with Gasteiger partial charge >= 0.3 is 25.8 Å². The van der Waals surface area contributed by atoms with Crippen LogP contribution in [0, 0.1) is 27.7 Å². The summed E-state index contributed by atoms with van der Waals surface area (Å²) >= 11 is 0. The minimum Gasteiger partial charge on any atom is -1.00 e. The van der Waals surface area contributed by atoms with Crippen LogP contribution in [0.2, 0.25) is 0 Å². The number of rotatable bonds is 1. The van der Waals surface area contributed by atoms with E-state index in [1.54, 1.807) is 0 Å². The van der Waals surface area contributed by atoms with E-state index in [0.717, 1.165) is 0 Å². The second-order valence-electron chi connectivity index (χ2n) is 9.17. The van der Waals surface area contributed by atoms with Crippen LogP contribution in [0.5, 0.6) is 0 Å². The molecular weight excluding hydrogens is 561 g/mol. The van der Waals surface area contributed by atoms with Gasteiger partial charge < -0.3 is 37.2 Å². The maximum absolute atomic E-state index is 2.41. The van der Waals surface area contributed by atoms with Crippen LogP contribution in [-0.2, 0) is 36.7 Å². The van der Waals surface area contributed by atoms with Crippen molar-refractivity contribution >= 4 is 0 Å². The van der Waals surface area contributed by atoms with Gasteiger partial charge in [0.15, 0.2) is 0 Å². The molecule has 0 atom stereocenters. The summed E-state index contributed by atoms with van der Waals surface area (Å²) < 4.78 is 0. The minimum absolute atomic E-state index is 0. The Bertz CT molecular complexity index is 687. The summed E-state index contributed by atoms with van der Waals surface area (Å²) in [7, 11) is 0. The van der Waals surface area contributed by atoms with Crippen molar-refractivity contribution in [2.75, 3.05) is 0 Å². The van der Waals surface area contributed by atoms with E-state index < -0.39 is 0 Å². The molecule has 0 bridgehead atoms. The molecule has 0 aliphatic rings. The van der Waals surface area contributed by atoms with E-state index in [-0.39, 0.29) is 73.9 Å². The summed E-state index contributed by atoms with van der Waals surface area (Å²) in [4.78, 5) is 0. The van der Waals surface area contributed by atoms with Gasteiger partial charge in [-0.2, -0.15) is 0 Å². The molecule has 27 heavy (non-hydrogen) atoms. The zero-order chi connectivity index (χ0) is 17.7. The van der Waals surface area contributed by atoms with E-state index in [0.29, 0.717) is 0 Å². The molecule has 2 rings (SSSR count). The molecule has 0 N–H and O–H groups in total. The van der Waals surface area contributed by atoms with E-state index in [9.17, 15) is 0 Å². The maximum atomic E-state index is 2.41. The molecule has 2 aromatic rings. The van der Waals surface area contributed by atoms with Crippen molar-refractivity contribution in [1.29, 1.82) is 0 Å². The predicted molar refractivity (Wildman–Crippen MR) is 104 cm³/mol. The smallest absolute Gasteiger partial charge is 1.00 e. The molecule has 0 spiro atoms. The molecule has 150 valence electrons. The maximum Gasteiger partial charge on any atom is 4.00 e. The summed E-state index contributed by atoms with van der Waals surface area (Å²) in [5.41, 5.74) is 11.8. The van der Waals surface area contributed by atoms with Gasteiger partial charge in [0.2, 0.25) is 0 Å². The fourth-order valence-electron chi connectivity index (χ4n) is 3.29. The molecule has 0 aromatic heterocycles. The van der Waals surface area contributed by atoms with Gasteiger partial charge in [-0.1, -0.05) is 92.0 Å². The van der Waals surface area contributed by atoms with Crippen LogP contribution in [0.25, 0.3) is 11.1 Å². The van der Waals surface area contributed by atoms with E-state index >= 15 is 0 Å². The zero-order valence-electron chi connectivity index (χ0n) is 18.4. The van der Waals surface area contributed by atoms with Gasteiger partial charge in [0.25, 0.3) is 0 Å². The first kappa shape index (κ1) is 32.0. The second-order valence-corrected chi connectivity index (χ2v) is 9.17. The fourth-order valence-corrected chi connectivity index (χ4v) is 3.29.